The SMILES string of the molecule is CN1CCCC(CN)(N(C)Cc2cnn(C)c2)C1. The second-order valence-electron chi connectivity index (χ2n) is 5.65. The Balaban J connectivity index is 2.07. The van der Waals surface area contributed by atoms with Crippen molar-refractivity contribution in [3.8, 4) is 0 Å². The molecule has 5 nitrogen and oxygen atoms in total. The van der Waals surface area contributed by atoms with Crippen molar-refractivity contribution in [2.45, 2.75) is 24.9 Å². The molecule has 0 bridgehead atoms. The summed E-state index contributed by atoms with van der Waals surface area (Å²) in [5, 5.41) is 4.23. The maximum Gasteiger partial charge on any atom is 0.0534 e. The Morgan fingerprint density at radius 1 is 1.50 bits per heavy atom. The van der Waals surface area contributed by atoms with Gasteiger partial charge in [-0.05, 0) is 33.5 Å². The number of aryl methyl sites for hydroxylation is 1. The number of nitrogens with zero attached hydrogens (tertiary/aromatic N) is 4. The largest absolute Gasteiger partial charge is 0.329 e. The maximum atomic E-state index is 6.07. The van der Waals surface area contributed by atoms with Crippen LogP contribution < -0.4 is 5.73 Å². The minimum absolute atomic E-state index is 0.114. The van der Waals surface area contributed by atoms with Crippen molar-refractivity contribution < 1.29 is 0 Å². The van der Waals surface area contributed by atoms with Gasteiger partial charge in [-0.3, -0.25) is 9.58 Å². The number of nitrogens with two attached hydrogens (primary N) is 1. The molecule has 5 heteroatoms. The second kappa shape index (κ2) is 5.38. The third-order valence-corrected chi connectivity index (χ3v) is 4.11. The molecule has 0 aliphatic carbocycles. The summed E-state index contributed by atoms with van der Waals surface area (Å²) in [5.74, 6) is 0. The fourth-order valence-corrected chi connectivity index (χ4v) is 2.97. The van der Waals surface area contributed by atoms with Crippen LogP contribution in [0.25, 0.3) is 0 Å². The number of rotatable bonds is 4. The number of likely N-dealkylation sites (tertiary alicyclic amines) is 1. The van der Waals surface area contributed by atoms with Crippen LogP contribution >= 0.6 is 0 Å². The summed E-state index contributed by atoms with van der Waals surface area (Å²) in [6.45, 7) is 3.87. The second-order valence-corrected chi connectivity index (χ2v) is 5.65. The molecule has 18 heavy (non-hydrogen) atoms. The zero-order valence-corrected chi connectivity index (χ0v) is 11.8. The monoisotopic (exact) mass is 251 g/mol. The van der Waals surface area contributed by atoms with Crippen LogP contribution in [-0.2, 0) is 13.6 Å². The fourth-order valence-electron chi connectivity index (χ4n) is 2.97. The fraction of sp³-hybridized carbons (Fsp3) is 0.769. The first-order chi connectivity index (χ1) is 8.55. The highest BCUT2D eigenvalue weighted by atomic mass is 15.3. The highest BCUT2D eigenvalue weighted by Crippen LogP contribution is 2.26. The Bertz CT molecular complexity index is 388. The van der Waals surface area contributed by atoms with Gasteiger partial charge in [0.05, 0.1) is 6.20 Å². The molecule has 1 aliphatic rings. The summed E-state index contributed by atoms with van der Waals surface area (Å²) in [4.78, 5) is 4.79. The third kappa shape index (κ3) is 2.74. The normalized spacial score (nSPS) is 25.8. The lowest BCUT2D eigenvalue weighted by Gasteiger charge is -2.47. The van der Waals surface area contributed by atoms with E-state index in [4.69, 9.17) is 5.73 Å². The lowest BCUT2D eigenvalue weighted by molar-refractivity contribution is 0.0396. The van der Waals surface area contributed by atoms with E-state index in [-0.39, 0.29) is 5.54 Å². The molecule has 0 radical (unpaired) electrons. The summed E-state index contributed by atoms with van der Waals surface area (Å²) in [6, 6.07) is 0. The van der Waals surface area contributed by atoms with Gasteiger partial charge in [-0.1, -0.05) is 0 Å². The van der Waals surface area contributed by atoms with Gasteiger partial charge in [-0.15, -0.1) is 0 Å². The molecular weight excluding hydrogens is 226 g/mol. The summed E-state index contributed by atoms with van der Waals surface area (Å²) >= 11 is 0. The Morgan fingerprint density at radius 2 is 2.28 bits per heavy atom. The van der Waals surface area contributed by atoms with Crippen LogP contribution in [0.4, 0.5) is 0 Å². The van der Waals surface area contributed by atoms with E-state index in [9.17, 15) is 0 Å². The molecule has 1 aromatic rings. The van der Waals surface area contributed by atoms with E-state index < -0.39 is 0 Å². The van der Waals surface area contributed by atoms with Crippen molar-refractivity contribution in [2.24, 2.45) is 12.8 Å². The highest BCUT2D eigenvalue weighted by molar-refractivity contribution is 5.06. The standard InChI is InChI=1S/C13H25N5/c1-16-6-4-5-13(10-14,11-16)17(2)8-12-7-15-18(3)9-12/h7,9H,4-6,8,10-11,14H2,1-3H3. The van der Waals surface area contributed by atoms with Crippen LogP contribution in [0.15, 0.2) is 12.4 Å². The van der Waals surface area contributed by atoms with Gasteiger partial charge < -0.3 is 10.6 Å². The minimum atomic E-state index is 0.114. The van der Waals surface area contributed by atoms with Crippen molar-refractivity contribution in [3.63, 3.8) is 0 Å². The maximum absolute atomic E-state index is 6.07. The predicted molar refractivity (Wildman–Crippen MR) is 73.2 cm³/mol. The third-order valence-electron chi connectivity index (χ3n) is 4.11. The minimum Gasteiger partial charge on any atom is -0.329 e. The van der Waals surface area contributed by atoms with Crippen LogP contribution in [0.5, 0.6) is 0 Å². The molecule has 1 fully saturated rings. The smallest absolute Gasteiger partial charge is 0.0534 e. The first kappa shape index (κ1) is 13.5. The van der Waals surface area contributed by atoms with Gasteiger partial charge in [-0.25, -0.2) is 0 Å². The summed E-state index contributed by atoms with van der Waals surface area (Å²) in [5.41, 5.74) is 7.44. The van der Waals surface area contributed by atoms with Crippen LogP contribution in [0, 0.1) is 0 Å². The summed E-state index contributed by atoms with van der Waals surface area (Å²) < 4.78 is 1.85. The summed E-state index contributed by atoms with van der Waals surface area (Å²) in [6.07, 6.45) is 6.43. The predicted octanol–water partition coefficient (Wildman–Crippen LogP) is 0.275. The molecule has 0 spiro atoms. The molecular formula is C13H25N5. The van der Waals surface area contributed by atoms with Crippen LogP contribution in [0.1, 0.15) is 18.4 Å². The van der Waals surface area contributed by atoms with Crippen molar-refractivity contribution in [1.82, 2.24) is 19.6 Å². The van der Waals surface area contributed by atoms with Crippen LogP contribution in [0.3, 0.4) is 0 Å². The molecule has 1 aliphatic heterocycles. The Kier molecular flexibility index (Phi) is 4.04. The molecule has 102 valence electrons. The molecule has 2 heterocycles. The molecule has 1 unspecified atom stereocenters. The Hall–Kier alpha value is -0.910. The van der Waals surface area contributed by atoms with E-state index in [0.717, 1.165) is 13.1 Å². The molecule has 2 rings (SSSR count). The molecule has 0 aromatic carbocycles. The van der Waals surface area contributed by atoms with E-state index in [1.165, 1.54) is 24.9 Å². The number of piperidine rings is 1. The number of hydrogen-bond donors (Lipinski definition) is 1. The zero-order chi connectivity index (χ0) is 13.2. The Labute approximate surface area is 110 Å². The average molecular weight is 251 g/mol. The number of aromatic nitrogens is 2. The van der Waals surface area contributed by atoms with E-state index in [2.05, 4.69) is 35.2 Å². The lowest BCUT2D eigenvalue weighted by Crippen LogP contribution is -2.60. The topological polar surface area (TPSA) is 50.3 Å². The van der Waals surface area contributed by atoms with E-state index in [1.807, 2.05) is 17.9 Å². The number of likely N-dealkylation sites (N-methyl/N-ethyl adjacent to an activating group) is 2. The van der Waals surface area contributed by atoms with Gasteiger partial charge in [0.15, 0.2) is 0 Å². The van der Waals surface area contributed by atoms with Gasteiger partial charge in [0, 0.05) is 44.0 Å². The molecule has 0 amide bonds. The van der Waals surface area contributed by atoms with Crippen LogP contribution in [0.2, 0.25) is 0 Å². The van der Waals surface area contributed by atoms with Gasteiger partial charge in [0.2, 0.25) is 0 Å². The van der Waals surface area contributed by atoms with Crippen LogP contribution in [-0.4, -0.2) is 58.8 Å². The van der Waals surface area contributed by atoms with Crippen molar-refractivity contribution in [1.29, 1.82) is 0 Å². The van der Waals surface area contributed by atoms with E-state index in [0.29, 0.717) is 6.54 Å². The molecule has 0 saturated carbocycles. The Morgan fingerprint density at radius 3 is 2.83 bits per heavy atom. The van der Waals surface area contributed by atoms with E-state index >= 15 is 0 Å². The summed E-state index contributed by atoms with van der Waals surface area (Å²) in [7, 11) is 6.32. The quantitative estimate of drug-likeness (QED) is 0.835. The first-order valence-corrected chi connectivity index (χ1v) is 6.63. The van der Waals surface area contributed by atoms with Gasteiger partial charge in [0.25, 0.3) is 0 Å². The van der Waals surface area contributed by atoms with E-state index in [1.54, 1.807) is 0 Å². The van der Waals surface area contributed by atoms with Gasteiger partial charge >= 0.3 is 0 Å². The lowest BCUT2D eigenvalue weighted by atomic mass is 9.87. The molecule has 2 N–H and O–H groups in total. The highest BCUT2D eigenvalue weighted by Gasteiger charge is 2.36. The average Bonchev–Trinajstić information content (AvgIpc) is 2.74. The number of hydrogen-bond acceptors (Lipinski definition) is 4. The molecule has 1 atom stereocenters. The molecule has 1 aromatic heterocycles. The molecule has 1 saturated heterocycles. The van der Waals surface area contributed by atoms with Crippen molar-refractivity contribution in [2.75, 3.05) is 33.7 Å². The zero-order valence-electron chi connectivity index (χ0n) is 11.8. The van der Waals surface area contributed by atoms with Gasteiger partial charge in [-0.2, -0.15) is 5.10 Å². The van der Waals surface area contributed by atoms with Gasteiger partial charge in [0.1, 0.15) is 0 Å². The van der Waals surface area contributed by atoms with Crippen molar-refractivity contribution in [3.05, 3.63) is 18.0 Å². The first-order valence-electron chi connectivity index (χ1n) is 6.63. The van der Waals surface area contributed by atoms with Crippen molar-refractivity contribution >= 4 is 0 Å².